The molecule has 2 fully saturated rings. The number of aromatic hydroxyl groups is 1. The van der Waals surface area contributed by atoms with Gasteiger partial charge in [0.25, 0.3) is 5.56 Å². The molecule has 0 amide bonds. The SMILES string of the molecule is C/C(=N\N1CCCCCC1)c1c(O)n(C2CCCCC2)c(=O)[nH]c1=O. The maximum atomic E-state index is 12.3. The van der Waals surface area contributed by atoms with Gasteiger partial charge in [0.05, 0.1) is 5.71 Å². The predicted molar refractivity (Wildman–Crippen MR) is 97.4 cm³/mol. The van der Waals surface area contributed by atoms with E-state index in [2.05, 4.69) is 10.1 Å². The molecule has 3 rings (SSSR count). The molecule has 1 aliphatic heterocycles. The second-order valence-corrected chi connectivity index (χ2v) is 7.17. The van der Waals surface area contributed by atoms with Crippen molar-refractivity contribution in [3.63, 3.8) is 0 Å². The van der Waals surface area contributed by atoms with Crippen LogP contribution in [0.5, 0.6) is 5.88 Å². The molecule has 1 saturated heterocycles. The van der Waals surface area contributed by atoms with E-state index in [1.807, 2.05) is 5.01 Å². The molecule has 0 unspecified atom stereocenters. The highest BCUT2D eigenvalue weighted by atomic mass is 16.3. The summed E-state index contributed by atoms with van der Waals surface area (Å²) in [6, 6.07) is -0.0529. The maximum Gasteiger partial charge on any atom is 0.331 e. The summed E-state index contributed by atoms with van der Waals surface area (Å²) < 4.78 is 1.36. The number of hydrogen-bond acceptors (Lipinski definition) is 5. The summed E-state index contributed by atoms with van der Waals surface area (Å²) in [5, 5.41) is 17.2. The fraction of sp³-hybridized carbons (Fsp3) is 0.722. The summed E-state index contributed by atoms with van der Waals surface area (Å²) >= 11 is 0. The van der Waals surface area contributed by atoms with E-state index in [0.717, 1.165) is 58.0 Å². The highest BCUT2D eigenvalue weighted by Gasteiger charge is 2.24. The minimum atomic E-state index is -0.564. The van der Waals surface area contributed by atoms with Crippen molar-refractivity contribution in [2.75, 3.05) is 13.1 Å². The van der Waals surface area contributed by atoms with Crippen molar-refractivity contribution in [3.8, 4) is 5.88 Å². The van der Waals surface area contributed by atoms with Crippen LogP contribution in [0, 0.1) is 0 Å². The average molecular weight is 348 g/mol. The predicted octanol–water partition coefficient (Wildman–Crippen LogP) is 2.35. The lowest BCUT2D eigenvalue weighted by Gasteiger charge is -2.25. The molecule has 0 aromatic carbocycles. The Morgan fingerprint density at radius 2 is 1.64 bits per heavy atom. The van der Waals surface area contributed by atoms with Crippen molar-refractivity contribution in [1.29, 1.82) is 0 Å². The summed E-state index contributed by atoms with van der Waals surface area (Å²) in [6.45, 7) is 3.45. The minimum Gasteiger partial charge on any atom is -0.494 e. The molecule has 0 bridgehead atoms. The van der Waals surface area contributed by atoms with E-state index in [9.17, 15) is 14.7 Å². The van der Waals surface area contributed by atoms with Crippen LogP contribution in [-0.4, -0.2) is 38.5 Å². The molecular formula is C18H28N4O3. The second-order valence-electron chi connectivity index (χ2n) is 7.17. The lowest BCUT2D eigenvalue weighted by Crippen LogP contribution is -2.36. The molecule has 0 radical (unpaired) electrons. The Bertz CT molecular complexity index is 736. The monoisotopic (exact) mass is 348 g/mol. The molecule has 2 heterocycles. The minimum absolute atomic E-state index is 0.0529. The van der Waals surface area contributed by atoms with E-state index in [0.29, 0.717) is 5.71 Å². The molecule has 138 valence electrons. The molecule has 0 atom stereocenters. The summed E-state index contributed by atoms with van der Waals surface area (Å²) in [6.07, 6.45) is 9.48. The molecule has 7 heteroatoms. The van der Waals surface area contributed by atoms with E-state index in [1.54, 1.807) is 6.92 Å². The third kappa shape index (κ3) is 3.96. The Morgan fingerprint density at radius 1 is 1.04 bits per heavy atom. The topological polar surface area (TPSA) is 90.7 Å². The standard InChI is InChI=1S/C18H28N4O3/c1-13(20-21-11-7-2-3-8-12-21)15-16(23)19-18(25)22(17(15)24)14-9-5-4-6-10-14/h14,24H,2-12H2,1H3,(H,19,23,25)/b20-13+. The lowest BCUT2D eigenvalue weighted by molar-refractivity contribution is 0.295. The smallest absolute Gasteiger partial charge is 0.331 e. The number of hydrazone groups is 1. The molecule has 7 nitrogen and oxygen atoms in total. The van der Waals surface area contributed by atoms with Crippen LogP contribution >= 0.6 is 0 Å². The average Bonchev–Trinajstić information content (AvgIpc) is 2.84. The molecule has 0 spiro atoms. The normalized spacial score (nSPS) is 20.5. The third-order valence-corrected chi connectivity index (χ3v) is 5.29. The number of H-pyrrole nitrogens is 1. The van der Waals surface area contributed by atoms with Gasteiger partial charge in [0, 0.05) is 19.1 Å². The molecular weight excluding hydrogens is 320 g/mol. The molecule has 1 aliphatic carbocycles. The fourth-order valence-corrected chi connectivity index (χ4v) is 3.96. The molecule has 2 aliphatic rings. The zero-order valence-corrected chi connectivity index (χ0v) is 15.0. The first-order chi connectivity index (χ1) is 12.1. The van der Waals surface area contributed by atoms with Crippen LogP contribution in [0.1, 0.15) is 76.3 Å². The van der Waals surface area contributed by atoms with Crippen molar-refractivity contribution in [3.05, 3.63) is 26.4 Å². The van der Waals surface area contributed by atoms with E-state index in [-0.39, 0.29) is 17.5 Å². The first kappa shape index (κ1) is 17.8. The van der Waals surface area contributed by atoms with Gasteiger partial charge in [-0.3, -0.25) is 19.4 Å². The van der Waals surface area contributed by atoms with Gasteiger partial charge in [-0.1, -0.05) is 32.1 Å². The Balaban J connectivity index is 1.97. The largest absolute Gasteiger partial charge is 0.494 e. The first-order valence-electron chi connectivity index (χ1n) is 9.46. The number of nitrogens with one attached hydrogen (secondary N) is 1. The number of aromatic nitrogens is 2. The van der Waals surface area contributed by atoms with E-state index >= 15 is 0 Å². The van der Waals surface area contributed by atoms with Crippen molar-refractivity contribution in [1.82, 2.24) is 14.6 Å². The van der Waals surface area contributed by atoms with Crippen molar-refractivity contribution in [2.45, 2.75) is 70.8 Å². The van der Waals surface area contributed by atoms with Crippen LogP contribution in [0.4, 0.5) is 0 Å². The van der Waals surface area contributed by atoms with Gasteiger partial charge in [0.2, 0.25) is 5.88 Å². The quantitative estimate of drug-likeness (QED) is 0.820. The van der Waals surface area contributed by atoms with Crippen LogP contribution in [0.25, 0.3) is 0 Å². The van der Waals surface area contributed by atoms with Crippen molar-refractivity contribution < 1.29 is 5.11 Å². The van der Waals surface area contributed by atoms with Crippen LogP contribution < -0.4 is 11.2 Å². The van der Waals surface area contributed by atoms with Gasteiger partial charge < -0.3 is 5.11 Å². The van der Waals surface area contributed by atoms with E-state index < -0.39 is 11.2 Å². The summed E-state index contributed by atoms with van der Waals surface area (Å²) in [7, 11) is 0. The van der Waals surface area contributed by atoms with Crippen molar-refractivity contribution in [2.24, 2.45) is 5.10 Å². The molecule has 1 aromatic heterocycles. The van der Waals surface area contributed by atoms with E-state index in [1.165, 1.54) is 17.4 Å². The fourth-order valence-electron chi connectivity index (χ4n) is 3.96. The lowest BCUT2D eigenvalue weighted by atomic mass is 9.95. The number of aromatic amines is 1. The molecule has 25 heavy (non-hydrogen) atoms. The Kier molecular flexibility index (Phi) is 5.60. The van der Waals surface area contributed by atoms with Crippen LogP contribution in [-0.2, 0) is 0 Å². The van der Waals surface area contributed by atoms with Gasteiger partial charge in [0.1, 0.15) is 5.56 Å². The van der Waals surface area contributed by atoms with Crippen LogP contribution in [0.2, 0.25) is 0 Å². The highest BCUT2D eigenvalue weighted by Crippen LogP contribution is 2.30. The highest BCUT2D eigenvalue weighted by molar-refractivity contribution is 6.00. The van der Waals surface area contributed by atoms with Crippen LogP contribution in [0.3, 0.4) is 0 Å². The second kappa shape index (κ2) is 7.89. The summed E-state index contributed by atoms with van der Waals surface area (Å²) in [5.74, 6) is -0.239. The van der Waals surface area contributed by atoms with Crippen molar-refractivity contribution >= 4 is 5.71 Å². The van der Waals surface area contributed by atoms with Gasteiger partial charge in [-0.05, 0) is 32.6 Å². The maximum absolute atomic E-state index is 12.3. The molecule has 1 saturated carbocycles. The first-order valence-corrected chi connectivity index (χ1v) is 9.46. The zero-order valence-electron chi connectivity index (χ0n) is 15.0. The Morgan fingerprint density at radius 3 is 2.28 bits per heavy atom. The summed E-state index contributed by atoms with van der Waals surface area (Å²) in [4.78, 5) is 27.0. The Labute approximate surface area is 147 Å². The molecule has 1 aromatic rings. The summed E-state index contributed by atoms with van der Waals surface area (Å²) in [5.41, 5.74) is -0.508. The molecule has 2 N–H and O–H groups in total. The van der Waals surface area contributed by atoms with Crippen LogP contribution in [0.15, 0.2) is 14.7 Å². The third-order valence-electron chi connectivity index (χ3n) is 5.29. The number of rotatable bonds is 3. The Hall–Kier alpha value is -2.05. The van der Waals surface area contributed by atoms with Gasteiger partial charge in [0.15, 0.2) is 0 Å². The van der Waals surface area contributed by atoms with Gasteiger partial charge >= 0.3 is 5.69 Å². The zero-order chi connectivity index (χ0) is 17.8. The van der Waals surface area contributed by atoms with Gasteiger partial charge in [-0.15, -0.1) is 0 Å². The number of nitrogens with zero attached hydrogens (tertiary/aromatic N) is 3. The van der Waals surface area contributed by atoms with E-state index in [4.69, 9.17) is 0 Å². The van der Waals surface area contributed by atoms with Gasteiger partial charge in [-0.2, -0.15) is 5.10 Å². The number of hydrogen-bond donors (Lipinski definition) is 2. The van der Waals surface area contributed by atoms with Gasteiger partial charge in [-0.25, -0.2) is 4.79 Å².